The number of anilines is 1. The first kappa shape index (κ1) is 20.9. The summed E-state index contributed by atoms with van der Waals surface area (Å²) in [6, 6.07) is 23.2. The number of carbonyl (C=O) groups is 2. The Morgan fingerprint density at radius 3 is 2.48 bits per heavy atom. The van der Waals surface area contributed by atoms with Crippen LogP contribution in [0.5, 0.6) is 0 Å². The molecule has 0 aromatic heterocycles. The zero-order valence-electron chi connectivity index (χ0n) is 16.9. The fraction of sp³-hybridized carbons (Fsp3) is 0.120. The average molecular weight is 433 g/mol. The zero-order chi connectivity index (χ0) is 21.8. The highest BCUT2D eigenvalue weighted by molar-refractivity contribution is 8.04. The van der Waals surface area contributed by atoms with Gasteiger partial charge in [-0.2, -0.15) is 0 Å². The third kappa shape index (κ3) is 4.70. The molecule has 0 unspecified atom stereocenters. The number of hydrogen-bond acceptors (Lipinski definition) is 3. The standard InChI is InChI=1S/C25H21FN2O2S/c1-17(18-9-3-2-4-10-18)27-24(29)16-28-21-13-7-8-14-22(21)31-23(25(28)30)15-19-11-5-6-12-20(19)26/h2-15,17H,16H2,1H3,(H,27,29)/b23-15-/t17-/m1/s1. The fourth-order valence-electron chi connectivity index (χ4n) is 3.41. The molecule has 0 radical (unpaired) electrons. The molecule has 0 bridgehead atoms. The quantitative estimate of drug-likeness (QED) is 0.565. The summed E-state index contributed by atoms with van der Waals surface area (Å²) in [4.78, 5) is 28.7. The predicted octanol–water partition coefficient (Wildman–Crippen LogP) is 5.18. The van der Waals surface area contributed by atoms with E-state index in [0.717, 1.165) is 10.5 Å². The summed E-state index contributed by atoms with van der Waals surface area (Å²) >= 11 is 1.28. The number of hydrogen-bond donors (Lipinski definition) is 1. The van der Waals surface area contributed by atoms with Crippen molar-refractivity contribution in [3.63, 3.8) is 0 Å². The Bertz CT molecular complexity index is 1150. The van der Waals surface area contributed by atoms with Crippen molar-refractivity contribution in [2.75, 3.05) is 11.4 Å². The normalized spacial score (nSPS) is 15.5. The number of rotatable bonds is 5. The number of amides is 2. The average Bonchev–Trinajstić information content (AvgIpc) is 2.78. The Labute approximate surface area is 184 Å². The van der Waals surface area contributed by atoms with E-state index in [9.17, 15) is 14.0 Å². The van der Waals surface area contributed by atoms with Gasteiger partial charge in [-0.15, -0.1) is 0 Å². The minimum Gasteiger partial charge on any atom is -0.348 e. The van der Waals surface area contributed by atoms with Gasteiger partial charge in [-0.1, -0.05) is 72.4 Å². The van der Waals surface area contributed by atoms with Crippen LogP contribution < -0.4 is 10.2 Å². The van der Waals surface area contributed by atoms with Gasteiger partial charge in [0.2, 0.25) is 5.91 Å². The van der Waals surface area contributed by atoms with Crippen molar-refractivity contribution in [2.45, 2.75) is 17.9 Å². The van der Waals surface area contributed by atoms with Gasteiger partial charge in [0.1, 0.15) is 12.4 Å². The van der Waals surface area contributed by atoms with Crippen LogP contribution in [0, 0.1) is 5.82 Å². The van der Waals surface area contributed by atoms with E-state index in [-0.39, 0.29) is 24.4 Å². The van der Waals surface area contributed by atoms with Gasteiger partial charge in [0, 0.05) is 10.5 Å². The predicted molar refractivity (Wildman–Crippen MR) is 122 cm³/mol. The van der Waals surface area contributed by atoms with E-state index >= 15 is 0 Å². The van der Waals surface area contributed by atoms with Gasteiger partial charge >= 0.3 is 0 Å². The smallest absolute Gasteiger partial charge is 0.265 e. The lowest BCUT2D eigenvalue weighted by atomic mass is 10.1. The summed E-state index contributed by atoms with van der Waals surface area (Å²) in [5, 5.41) is 2.95. The van der Waals surface area contributed by atoms with Crippen molar-refractivity contribution in [3.8, 4) is 0 Å². The molecule has 1 N–H and O–H groups in total. The number of nitrogens with zero attached hydrogens (tertiary/aromatic N) is 1. The van der Waals surface area contributed by atoms with Crippen LogP contribution in [0.3, 0.4) is 0 Å². The van der Waals surface area contributed by atoms with E-state index in [4.69, 9.17) is 0 Å². The zero-order valence-corrected chi connectivity index (χ0v) is 17.7. The van der Waals surface area contributed by atoms with Crippen LogP contribution >= 0.6 is 11.8 Å². The lowest BCUT2D eigenvalue weighted by molar-refractivity contribution is -0.122. The van der Waals surface area contributed by atoms with Crippen molar-refractivity contribution in [3.05, 3.63) is 101 Å². The molecule has 3 aromatic rings. The van der Waals surface area contributed by atoms with E-state index < -0.39 is 5.82 Å². The summed E-state index contributed by atoms with van der Waals surface area (Å²) < 4.78 is 14.1. The molecule has 6 heteroatoms. The summed E-state index contributed by atoms with van der Waals surface area (Å²) in [6.45, 7) is 1.78. The molecule has 156 valence electrons. The number of thioether (sulfide) groups is 1. The monoisotopic (exact) mass is 432 g/mol. The Kier molecular flexibility index (Phi) is 6.18. The second-order valence-electron chi connectivity index (χ2n) is 7.19. The van der Waals surface area contributed by atoms with Crippen LogP contribution in [0.2, 0.25) is 0 Å². The molecule has 2 amide bonds. The molecular formula is C25H21FN2O2S. The highest BCUT2D eigenvalue weighted by Gasteiger charge is 2.30. The van der Waals surface area contributed by atoms with Crippen LogP contribution in [0.25, 0.3) is 6.08 Å². The molecule has 0 spiro atoms. The highest BCUT2D eigenvalue weighted by Crippen LogP contribution is 2.42. The van der Waals surface area contributed by atoms with Gasteiger partial charge in [0.15, 0.2) is 0 Å². The number of para-hydroxylation sites is 1. The molecule has 3 aromatic carbocycles. The summed E-state index contributed by atoms with van der Waals surface area (Å²) in [5.74, 6) is -0.991. The van der Waals surface area contributed by atoms with E-state index in [1.54, 1.807) is 18.2 Å². The van der Waals surface area contributed by atoms with E-state index in [1.165, 1.54) is 28.8 Å². The van der Waals surface area contributed by atoms with E-state index in [1.807, 2.05) is 61.5 Å². The minimum absolute atomic E-state index is 0.123. The Morgan fingerprint density at radius 2 is 1.71 bits per heavy atom. The molecule has 31 heavy (non-hydrogen) atoms. The van der Waals surface area contributed by atoms with E-state index in [0.29, 0.717) is 16.2 Å². The summed E-state index contributed by atoms with van der Waals surface area (Å²) in [6.07, 6.45) is 1.54. The molecule has 0 fully saturated rings. The van der Waals surface area contributed by atoms with Gasteiger partial charge in [-0.25, -0.2) is 4.39 Å². The molecule has 0 saturated heterocycles. The van der Waals surface area contributed by atoms with Crippen LogP contribution in [-0.2, 0) is 9.59 Å². The van der Waals surface area contributed by atoms with Crippen LogP contribution in [0.1, 0.15) is 24.1 Å². The maximum Gasteiger partial charge on any atom is 0.265 e. The number of benzene rings is 3. The first-order valence-corrected chi connectivity index (χ1v) is 10.7. The number of fused-ring (bicyclic) bond motifs is 1. The molecule has 4 rings (SSSR count). The topological polar surface area (TPSA) is 49.4 Å². The van der Waals surface area contributed by atoms with Gasteiger partial charge in [0.25, 0.3) is 5.91 Å². The van der Waals surface area contributed by atoms with Gasteiger partial charge in [-0.05, 0) is 36.8 Å². The second-order valence-corrected chi connectivity index (χ2v) is 8.27. The largest absolute Gasteiger partial charge is 0.348 e. The van der Waals surface area contributed by atoms with Crippen LogP contribution in [0.15, 0.2) is 88.7 Å². The van der Waals surface area contributed by atoms with Gasteiger partial charge in [-0.3, -0.25) is 14.5 Å². The SMILES string of the molecule is C[C@@H](NC(=O)CN1C(=O)/C(=C/c2ccccc2F)Sc2ccccc21)c1ccccc1. The Hall–Kier alpha value is -3.38. The maximum absolute atomic E-state index is 14.1. The molecule has 1 aliphatic heterocycles. The lowest BCUT2D eigenvalue weighted by Gasteiger charge is -2.30. The Balaban J connectivity index is 1.59. The van der Waals surface area contributed by atoms with E-state index in [2.05, 4.69) is 5.32 Å². The molecule has 4 nitrogen and oxygen atoms in total. The van der Waals surface area contributed by atoms with Crippen molar-refractivity contribution in [1.29, 1.82) is 0 Å². The molecule has 1 atom stereocenters. The van der Waals surface area contributed by atoms with Crippen LogP contribution in [0.4, 0.5) is 10.1 Å². The second kappa shape index (κ2) is 9.18. The van der Waals surface area contributed by atoms with Gasteiger partial charge in [0.05, 0.1) is 16.6 Å². The third-order valence-electron chi connectivity index (χ3n) is 5.00. The maximum atomic E-state index is 14.1. The number of carbonyl (C=O) groups excluding carboxylic acids is 2. The number of halogens is 1. The van der Waals surface area contributed by atoms with Crippen molar-refractivity contribution in [1.82, 2.24) is 5.32 Å². The molecule has 1 aliphatic rings. The molecular weight excluding hydrogens is 411 g/mol. The summed E-state index contributed by atoms with van der Waals surface area (Å²) in [5.41, 5.74) is 1.99. The number of nitrogens with one attached hydrogen (secondary N) is 1. The lowest BCUT2D eigenvalue weighted by Crippen LogP contribution is -2.43. The Morgan fingerprint density at radius 1 is 1.03 bits per heavy atom. The summed E-state index contributed by atoms with van der Waals surface area (Å²) in [7, 11) is 0. The molecule has 1 heterocycles. The molecule has 0 aliphatic carbocycles. The van der Waals surface area contributed by atoms with Crippen molar-refractivity contribution >= 4 is 35.3 Å². The van der Waals surface area contributed by atoms with Crippen molar-refractivity contribution in [2.24, 2.45) is 0 Å². The fourth-order valence-corrected chi connectivity index (χ4v) is 4.46. The first-order chi connectivity index (χ1) is 15.0. The molecule has 0 saturated carbocycles. The van der Waals surface area contributed by atoms with Crippen molar-refractivity contribution < 1.29 is 14.0 Å². The first-order valence-electron chi connectivity index (χ1n) is 9.92. The minimum atomic E-state index is -0.400. The van der Waals surface area contributed by atoms with Gasteiger partial charge < -0.3 is 5.32 Å². The third-order valence-corrected chi connectivity index (χ3v) is 6.08. The highest BCUT2D eigenvalue weighted by atomic mass is 32.2. The van der Waals surface area contributed by atoms with Crippen LogP contribution in [-0.4, -0.2) is 18.4 Å².